The van der Waals surface area contributed by atoms with Crippen molar-refractivity contribution in [2.75, 3.05) is 60.5 Å². The molecule has 4 rings (SSSR count). The number of piperazine rings is 2. The second-order valence-corrected chi connectivity index (χ2v) is 9.52. The van der Waals surface area contributed by atoms with Gasteiger partial charge >= 0.3 is 6.18 Å². The fourth-order valence-electron chi connectivity index (χ4n) is 4.48. The molecule has 38 heavy (non-hydrogen) atoms. The number of halogens is 5. The van der Waals surface area contributed by atoms with E-state index in [4.69, 9.17) is 21.6 Å². The normalized spacial score (nSPS) is 19.6. The van der Waals surface area contributed by atoms with Gasteiger partial charge in [0, 0.05) is 70.5 Å². The summed E-state index contributed by atoms with van der Waals surface area (Å²) in [5.74, 6) is 0.611. The second-order valence-electron chi connectivity index (χ2n) is 9.12. The lowest BCUT2D eigenvalue weighted by Gasteiger charge is -2.38. The van der Waals surface area contributed by atoms with Crippen LogP contribution in [0.3, 0.4) is 0 Å². The van der Waals surface area contributed by atoms with Crippen molar-refractivity contribution in [1.29, 1.82) is 0 Å². The smallest absolute Gasteiger partial charge is 0.353 e. The zero-order valence-corrected chi connectivity index (χ0v) is 21.8. The molecule has 1 unspecified atom stereocenters. The fraction of sp³-hybridized carbons (Fsp3) is 0.423. The number of allylic oxidation sites excluding steroid dienone is 5. The number of hydrogen-bond donors (Lipinski definition) is 1. The van der Waals surface area contributed by atoms with E-state index in [1.807, 2.05) is 11.0 Å². The zero-order valence-electron chi connectivity index (χ0n) is 21.1. The van der Waals surface area contributed by atoms with Gasteiger partial charge in [-0.15, -0.1) is 0 Å². The SMILES string of the molecule is C=C/C(Cl)=C(F)\C=C/Cc1cc(N2CCN(c3ncccc3C(F)(F)F)CC2)nc(N2CCNCC2C)n1. The molecule has 204 valence electrons. The molecule has 0 aliphatic carbocycles. The molecule has 0 bridgehead atoms. The third-order valence-electron chi connectivity index (χ3n) is 6.51. The predicted molar refractivity (Wildman–Crippen MR) is 142 cm³/mol. The minimum atomic E-state index is -4.48. The van der Waals surface area contributed by atoms with Crippen molar-refractivity contribution < 1.29 is 17.6 Å². The van der Waals surface area contributed by atoms with Gasteiger partial charge in [-0.1, -0.05) is 24.3 Å². The summed E-state index contributed by atoms with van der Waals surface area (Å²) in [6.07, 6.45) is 1.40. The number of rotatable bonds is 7. The van der Waals surface area contributed by atoms with Crippen LogP contribution in [-0.2, 0) is 12.6 Å². The fourth-order valence-corrected chi connectivity index (χ4v) is 4.54. The van der Waals surface area contributed by atoms with Crippen molar-refractivity contribution in [2.24, 2.45) is 0 Å². The number of pyridine rings is 1. The molecule has 0 aromatic carbocycles. The lowest BCUT2D eigenvalue weighted by Crippen LogP contribution is -2.51. The minimum Gasteiger partial charge on any atom is -0.353 e. The van der Waals surface area contributed by atoms with Crippen molar-refractivity contribution in [2.45, 2.75) is 25.6 Å². The first kappa shape index (κ1) is 27.8. The molecule has 12 heteroatoms. The Morgan fingerprint density at radius 2 is 1.92 bits per heavy atom. The highest BCUT2D eigenvalue weighted by Crippen LogP contribution is 2.35. The van der Waals surface area contributed by atoms with Gasteiger partial charge in [-0.05, 0) is 31.2 Å². The lowest BCUT2D eigenvalue weighted by atomic mass is 10.2. The van der Waals surface area contributed by atoms with Crippen LogP contribution < -0.4 is 20.0 Å². The standard InChI is InChI=1S/C26H30ClF4N7/c1-3-21(27)22(28)8-4-6-19-16-23(35-25(34-19)38-11-10-32-17-18(38)2)36-12-14-37(15-13-36)24-20(26(29,30)31)7-5-9-33-24/h3-5,7-9,16,18,32H,1,6,10-15,17H2,2H3/b8-4-,22-21-. The number of nitrogens with one attached hydrogen (secondary N) is 1. The minimum absolute atomic E-state index is 0.0586. The molecule has 7 nitrogen and oxygen atoms in total. The molecule has 1 N–H and O–H groups in total. The summed E-state index contributed by atoms with van der Waals surface area (Å²) >= 11 is 5.78. The summed E-state index contributed by atoms with van der Waals surface area (Å²) in [6.45, 7) is 9.51. The summed E-state index contributed by atoms with van der Waals surface area (Å²) in [4.78, 5) is 19.4. The van der Waals surface area contributed by atoms with E-state index in [2.05, 4.69) is 28.7 Å². The summed E-state index contributed by atoms with van der Waals surface area (Å²) in [5.41, 5.74) is -0.0431. The van der Waals surface area contributed by atoms with Crippen molar-refractivity contribution in [1.82, 2.24) is 20.3 Å². The number of anilines is 3. The van der Waals surface area contributed by atoms with Crippen LogP contribution in [-0.4, -0.2) is 66.8 Å². The topological polar surface area (TPSA) is 60.4 Å². The molecule has 2 saturated heterocycles. The maximum Gasteiger partial charge on any atom is 0.419 e. The van der Waals surface area contributed by atoms with E-state index in [1.165, 1.54) is 24.4 Å². The Balaban J connectivity index is 1.56. The predicted octanol–water partition coefficient (Wildman–Crippen LogP) is 4.72. The highest BCUT2D eigenvalue weighted by molar-refractivity contribution is 6.31. The Morgan fingerprint density at radius 1 is 1.18 bits per heavy atom. The monoisotopic (exact) mass is 551 g/mol. The molecule has 2 aliphatic rings. The molecule has 0 spiro atoms. The summed E-state index contributed by atoms with van der Waals surface area (Å²) in [6, 6.07) is 4.37. The van der Waals surface area contributed by atoms with Crippen LogP contribution in [0.5, 0.6) is 0 Å². The van der Waals surface area contributed by atoms with E-state index >= 15 is 0 Å². The van der Waals surface area contributed by atoms with Gasteiger partial charge < -0.3 is 20.0 Å². The number of aromatic nitrogens is 3. The van der Waals surface area contributed by atoms with Crippen molar-refractivity contribution in [3.8, 4) is 0 Å². The first-order chi connectivity index (χ1) is 18.2. The average molecular weight is 552 g/mol. The van der Waals surface area contributed by atoms with Gasteiger partial charge in [-0.25, -0.2) is 14.4 Å². The molecule has 0 radical (unpaired) electrons. The van der Waals surface area contributed by atoms with E-state index in [0.717, 1.165) is 25.7 Å². The van der Waals surface area contributed by atoms with E-state index < -0.39 is 17.6 Å². The summed E-state index contributed by atoms with van der Waals surface area (Å²) in [7, 11) is 0. The van der Waals surface area contributed by atoms with Gasteiger partial charge in [0.1, 0.15) is 17.5 Å². The molecule has 2 fully saturated rings. The average Bonchev–Trinajstić information content (AvgIpc) is 2.92. The quantitative estimate of drug-likeness (QED) is 0.395. The largest absolute Gasteiger partial charge is 0.419 e. The lowest BCUT2D eigenvalue weighted by molar-refractivity contribution is -0.137. The van der Waals surface area contributed by atoms with Crippen molar-refractivity contribution in [3.63, 3.8) is 0 Å². The first-order valence-electron chi connectivity index (χ1n) is 12.4. The Morgan fingerprint density at radius 3 is 2.61 bits per heavy atom. The van der Waals surface area contributed by atoms with Gasteiger partial charge in [0.2, 0.25) is 5.95 Å². The van der Waals surface area contributed by atoms with Crippen LogP contribution in [0.15, 0.2) is 60.1 Å². The molecule has 2 aromatic rings. The number of hydrogen-bond acceptors (Lipinski definition) is 7. The van der Waals surface area contributed by atoms with Gasteiger partial charge in [0.15, 0.2) is 0 Å². The Kier molecular flexibility index (Phi) is 8.88. The second kappa shape index (κ2) is 12.1. The Bertz CT molecular complexity index is 1190. The van der Waals surface area contributed by atoms with Crippen molar-refractivity contribution in [3.05, 3.63) is 71.3 Å². The number of nitrogens with zero attached hydrogens (tertiary/aromatic N) is 6. The highest BCUT2D eigenvalue weighted by atomic mass is 35.5. The van der Waals surface area contributed by atoms with E-state index in [1.54, 1.807) is 11.0 Å². The van der Waals surface area contributed by atoms with Crippen LogP contribution in [0.1, 0.15) is 18.2 Å². The molecular weight excluding hydrogens is 522 g/mol. The van der Waals surface area contributed by atoms with Crippen LogP contribution in [0.4, 0.5) is 35.1 Å². The van der Waals surface area contributed by atoms with E-state index in [9.17, 15) is 17.6 Å². The molecule has 0 saturated carbocycles. The van der Waals surface area contributed by atoms with Crippen LogP contribution in [0.2, 0.25) is 0 Å². The molecule has 2 aromatic heterocycles. The van der Waals surface area contributed by atoms with Gasteiger partial charge in [0.05, 0.1) is 16.3 Å². The van der Waals surface area contributed by atoms with Gasteiger partial charge in [0.25, 0.3) is 0 Å². The van der Waals surface area contributed by atoms with Crippen LogP contribution in [0.25, 0.3) is 0 Å². The summed E-state index contributed by atoms with van der Waals surface area (Å²) in [5, 5.41) is 3.28. The third-order valence-corrected chi connectivity index (χ3v) is 6.84. The van der Waals surface area contributed by atoms with Gasteiger partial charge in [-0.2, -0.15) is 18.2 Å². The molecule has 2 aliphatic heterocycles. The van der Waals surface area contributed by atoms with Crippen LogP contribution in [0, 0.1) is 0 Å². The Labute approximate surface area is 224 Å². The first-order valence-corrected chi connectivity index (χ1v) is 12.8. The van der Waals surface area contributed by atoms with E-state index in [0.29, 0.717) is 50.1 Å². The Hall–Kier alpha value is -3.18. The molecule has 4 heterocycles. The van der Waals surface area contributed by atoms with Gasteiger partial charge in [-0.3, -0.25) is 0 Å². The maximum absolute atomic E-state index is 14.0. The molecule has 1 atom stereocenters. The zero-order chi connectivity index (χ0) is 27.3. The number of alkyl halides is 3. The summed E-state index contributed by atoms with van der Waals surface area (Å²) < 4.78 is 54.6. The maximum atomic E-state index is 14.0. The van der Waals surface area contributed by atoms with E-state index in [-0.39, 0.29) is 16.9 Å². The molecule has 0 amide bonds. The third kappa shape index (κ3) is 6.63. The van der Waals surface area contributed by atoms with Crippen LogP contribution >= 0.6 is 11.6 Å². The molecular formula is C26H30ClF4N7. The highest BCUT2D eigenvalue weighted by Gasteiger charge is 2.36. The van der Waals surface area contributed by atoms with Crippen molar-refractivity contribution >= 4 is 29.2 Å².